The van der Waals surface area contributed by atoms with Gasteiger partial charge in [-0.3, -0.25) is 9.69 Å². The van der Waals surface area contributed by atoms with Crippen LogP contribution in [0.2, 0.25) is 0 Å². The van der Waals surface area contributed by atoms with E-state index in [9.17, 15) is 4.79 Å². The molecule has 0 spiro atoms. The van der Waals surface area contributed by atoms with Gasteiger partial charge >= 0.3 is 0 Å². The Bertz CT molecular complexity index is 1740. The van der Waals surface area contributed by atoms with E-state index in [1.807, 2.05) is 31.2 Å². The molecule has 2 aromatic carbocycles. The van der Waals surface area contributed by atoms with Crippen molar-refractivity contribution < 1.29 is 23.7 Å². The summed E-state index contributed by atoms with van der Waals surface area (Å²) in [4.78, 5) is 21.7. The highest BCUT2D eigenvalue weighted by Crippen LogP contribution is 2.36. The van der Waals surface area contributed by atoms with Gasteiger partial charge in [0.05, 0.1) is 15.4 Å². The highest BCUT2D eigenvalue weighted by atomic mass is 32.1. The zero-order valence-corrected chi connectivity index (χ0v) is 27.1. The molecule has 0 saturated heterocycles. The first-order valence-corrected chi connectivity index (χ1v) is 16.2. The number of aromatic nitrogens is 2. The quantitative estimate of drug-likeness (QED) is 0.139. The zero-order chi connectivity index (χ0) is 31.3. The molecule has 234 valence electrons. The normalized spacial score (nSPS) is 14.3. The van der Waals surface area contributed by atoms with Crippen molar-refractivity contribution in [2.75, 3.05) is 20.1 Å². The summed E-state index contributed by atoms with van der Waals surface area (Å²) in [7, 11) is 0. The van der Waals surface area contributed by atoms with Crippen LogP contribution in [-0.2, 0) is 29.1 Å². The van der Waals surface area contributed by atoms with E-state index < -0.39 is 0 Å². The Morgan fingerprint density at radius 3 is 2.51 bits per heavy atom. The van der Waals surface area contributed by atoms with Crippen LogP contribution in [0.3, 0.4) is 0 Å². The summed E-state index contributed by atoms with van der Waals surface area (Å²) < 4.78 is 24.9. The van der Waals surface area contributed by atoms with Crippen LogP contribution in [0, 0.1) is 0 Å². The fraction of sp³-hybridized carbons (Fsp3) is 0.333. The monoisotopic (exact) mass is 625 g/mol. The number of nitrogens with zero attached hydrogens (tertiary/aromatic N) is 3. The molecule has 2 aliphatic rings. The second kappa shape index (κ2) is 13.7. The first kappa shape index (κ1) is 30.7. The highest BCUT2D eigenvalue weighted by Gasteiger charge is 2.24. The number of hydrogen-bond donors (Lipinski definition) is 0. The lowest BCUT2D eigenvalue weighted by molar-refractivity contribution is 0.0749. The Morgan fingerprint density at radius 1 is 0.978 bits per heavy atom. The fourth-order valence-electron chi connectivity index (χ4n) is 5.66. The minimum atomic E-state index is 0.0643. The van der Waals surface area contributed by atoms with Crippen LogP contribution in [0.1, 0.15) is 61.5 Å². The molecule has 6 rings (SSSR count). The molecule has 0 saturated carbocycles. The van der Waals surface area contributed by atoms with Gasteiger partial charge in [0.2, 0.25) is 13.6 Å². The Labute approximate surface area is 268 Å². The Balaban J connectivity index is 1.43. The van der Waals surface area contributed by atoms with Gasteiger partial charge in [-0.1, -0.05) is 55.3 Å². The molecular formula is C36H39N3O5S. The number of Topliss-reactive ketones (excluding diaryl/α,β-unsaturated/α-hetero) is 1. The topological polar surface area (TPSA) is 75.1 Å². The number of thiophene rings is 1. The predicted molar refractivity (Wildman–Crippen MR) is 176 cm³/mol. The average molecular weight is 626 g/mol. The van der Waals surface area contributed by atoms with Crippen LogP contribution >= 0.6 is 11.3 Å². The Morgan fingerprint density at radius 2 is 1.78 bits per heavy atom. The summed E-state index contributed by atoms with van der Waals surface area (Å²) in [5, 5.41) is 0. The standard InChI is InChI=1S/C36H39N3O5S/c1-5-6-16-39-29(35(34-15-14-33(45-34)25(3)40)37-36(39)28-10-8-7-9-11-28)21-38(19-24(2)17-31-26(4)41-22-43-31)20-27-12-13-30-32(18-27)44-23-42-30/h7-15,17-18H,5-6,16,19-23H2,1-4H3/b24-17+. The summed E-state index contributed by atoms with van der Waals surface area (Å²) in [6, 6.07) is 20.5. The summed E-state index contributed by atoms with van der Waals surface area (Å²) in [6.07, 6.45) is 4.16. The number of carbonyl (C=O) groups is 1. The molecule has 0 unspecified atom stereocenters. The van der Waals surface area contributed by atoms with Crippen LogP contribution in [0.5, 0.6) is 11.5 Å². The number of carbonyl (C=O) groups excluding carboxylic acids is 1. The first-order chi connectivity index (χ1) is 21.9. The molecule has 0 N–H and O–H groups in total. The summed E-state index contributed by atoms with van der Waals surface area (Å²) >= 11 is 1.51. The number of rotatable bonds is 13. The second-order valence-electron chi connectivity index (χ2n) is 11.5. The lowest BCUT2D eigenvalue weighted by Gasteiger charge is -2.25. The molecule has 0 amide bonds. The SMILES string of the molecule is CCCCn1c(-c2ccccc2)nc(-c2ccc(C(C)=O)s2)c1CN(C/C(C)=C/C1=C(C)OCO1)Cc1ccc2c(c1)OCO2. The molecule has 0 fully saturated rings. The van der Waals surface area contributed by atoms with Gasteiger partial charge in [-0.25, -0.2) is 4.98 Å². The van der Waals surface area contributed by atoms with Gasteiger partial charge in [0.15, 0.2) is 23.0 Å². The molecule has 2 aliphatic heterocycles. The van der Waals surface area contributed by atoms with Crippen LogP contribution in [0.4, 0.5) is 0 Å². The second-order valence-corrected chi connectivity index (χ2v) is 12.6. The number of hydrogen-bond acceptors (Lipinski definition) is 8. The largest absolute Gasteiger partial charge is 0.458 e. The van der Waals surface area contributed by atoms with E-state index in [4.69, 9.17) is 23.9 Å². The minimum absolute atomic E-state index is 0.0643. The summed E-state index contributed by atoms with van der Waals surface area (Å²) in [6.45, 7) is 11.2. The molecule has 45 heavy (non-hydrogen) atoms. The van der Waals surface area contributed by atoms with Crippen LogP contribution in [0.15, 0.2) is 83.8 Å². The molecule has 0 radical (unpaired) electrons. The maximum atomic E-state index is 12.3. The molecule has 2 aromatic heterocycles. The molecule has 0 aliphatic carbocycles. The van der Waals surface area contributed by atoms with Crippen LogP contribution in [-0.4, -0.2) is 40.4 Å². The lowest BCUT2D eigenvalue weighted by Crippen LogP contribution is -2.26. The Kier molecular flexibility index (Phi) is 9.37. The summed E-state index contributed by atoms with van der Waals surface area (Å²) in [5.41, 5.74) is 5.40. The summed E-state index contributed by atoms with van der Waals surface area (Å²) in [5.74, 6) is 4.11. The fourth-order valence-corrected chi connectivity index (χ4v) is 6.57. The first-order valence-electron chi connectivity index (χ1n) is 15.4. The number of ketones is 1. The van der Waals surface area contributed by atoms with Gasteiger partial charge in [0.25, 0.3) is 0 Å². The third-order valence-corrected chi connectivity index (χ3v) is 9.12. The minimum Gasteiger partial charge on any atom is -0.458 e. The van der Waals surface area contributed by atoms with E-state index in [2.05, 4.69) is 65.8 Å². The molecule has 0 atom stereocenters. The predicted octanol–water partition coefficient (Wildman–Crippen LogP) is 8.19. The number of imidazole rings is 1. The molecule has 4 heterocycles. The van der Waals surface area contributed by atoms with Crippen molar-refractivity contribution in [2.45, 2.75) is 60.2 Å². The van der Waals surface area contributed by atoms with E-state index in [0.29, 0.717) is 19.6 Å². The van der Waals surface area contributed by atoms with Crippen molar-refractivity contribution in [3.63, 3.8) is 0 Å². The van der Waals surface area contributed by atoms with Crippen molar-refractivity contribution in [2.24, 2.45) is 0 Å². The van der Waals surface area contributed by atoms with Crippen LogP contribution < -0.4 is 9.47 Å². The third-order valence-electron chi connectivity index (χ3n) is 7.93. The third kappa shape index (κ3) is 7.00. The van der Waals surface area contributed by atoms with Crippen molar-refractivity contribution in [1.82, 2.24) is 14.5 Å². The van der Waals surface area contributed by atoms with Gasteiger partial charge in [-0.2, -0.15) is 0 Å². The maximum absolute atomic E-state index is 12.3. The molecule has 0 bridgehead atoms. The van der Waals surface area contributed by atoms with E-state index in [-0.39, 0.29) is 19.4 Å². The van der Waals surface area contributed by atoms with Gasteiger partial charge in [-0.15, -0.1) is 11.3 Å². The van der Waals surface area contributed by atoms with Crippen molar-refractivity contribution in [3.8, 4) is 33.5 Å². The number of fused-ring (bicyclic) bond motifs is 1. The maximum Gasteiger partial charge on any atom is 0.231 e. The molecule has 8 nitrogen and oxygen atoms in total. The van der Waals surface area contributed by atoms with Gasteiger partial charge < -0.3 is 23.5 Å². The van der Waals surface area contributed by atoms with Crippen molar-refractivity contribution in [3.05, 3.63) is 100.0 Å². The number of ether oxygens (including phenoxy) is 4. The molecular weight excluding hydrogens is 586 g/mol. The average Bonchev–Trinajstić information content (AvgIpc) is 3.84. The van der Waals surface area contributed by atoms with Crippen LogP contribution in [0.25, 0.3) is 22.0 Å². The highest BCUT2D eigenvalue weighted by molar-refractivity contribution is 7.17. The van der Waals surface area contributed by atoms with E-state index in [1.54, 1.807) is 6.92 Å². The van der Waals surface area contributed by atoms with E-state index >= 15 is 0 Å². The van der Waals surface area contributed by atoms with Crippen molar-refractivity contribution in [1.29, 1.82) is 0 Å². The van der Waals surface area contributed by atoms with E-state index in [0.717, 1.165) is 86.1 Å². The number of benzene rings is 2. The molecule has 9 heteroatoms. The van der Waals surface area contributed by atoms with Crippen molar-refractivity contribution >= 4 is 17.1 Å². The van der Waals surface area contributed by atoms with Gasteiger partial charge in [0, 0.05) is 31.7 Å². The number of allylic oxidation sites excluding steroid dienone is 2. The number of unbranched alkanes of at least 4 members (excludes halogenated alkanes) is 1. The zero-order valence-electron chi connectivity index (χ0n) is 26.3. The molecule has 4 aromatic rings. The smallest absolute Gasteiger partial charge is 0.231 e. The van der Waals surface area contributed by atoms with Gasteiger partial charge in [0.1, 0.15) is 17.3 Å². The lowest BCUT2D eigenvalue weighted by atomic mass is 10.1. The van der Waals surface area contributed by atoms with E-state index in [1.165, 1.54) is 11.3 Å². The van der Waals surface area contributed by atoms with Gasteiger partial charge in [-0.05, 0) is 63.1 Å². The Hall–Kier alpha value is -4.34.